The number of hydrogen-bond donors (Lipinski definition) is 1. The van der Waals surface area contributed by atoms with Crippen LogP contribution < -0.4 is 14.8 Å². The lowest BCUT2D eigenvalue weighted by atomic mass is 10.1. The Bertz CT molecular complexity index is 1430. The minimum atomic E-state index is -1.54. The zero-order valence-electron chi connectivity index (χ0n) is 19.8. The van der Waals surface area contributed by atoms with E-state index < -0.39 is 22.8 Å². The van der Waals surface area contributed by atoms with Crippen molar-refractivity contribution in [2.45, 2.75) is 23.9 Å². The van der Waals surface area contributed by atoms with Gasteiger partial charge in [0.1, 0.15) is 17.7 Å². The second-order valence-electron chi connectivity index (χ2n) is 8.59. The van der Waals surface area contributed by atoms with Crippen LogP contribution in [0, 0.1) is 5.82 Å². The van der Waals surface area contributed by atoms with E-state index in [0.29, 0.717) is 24.4 Å². The SMILES string of the molecule is COc1ccc(CCOc2nc(-c3ccccc3F)n(-c3cccc(NC(=O)[C@]4(Cl)C[C@H]4F)c3)n2)cc1. The number of nitrogens with zero attached hydrogens (tertiary/aromatic N) is 3. The topological polar surface area (TPSA) is 78.3 Å². The zero-order chi connectivity index (χ0) is 26.0. The predicted octanol–water partition coefficient (Wildman–Crippen LogP) is 5.36. The molecule has 10 heteroatoms. The van der Waals surface area contributed by atoms with Crippen LogP contribution in [0.2, 0.25) is 0 Å². The van der Waals surface area contributed by atoms with Crippen LogP contribution in [0.3, 0.4) is 0 Å². The molecule has 1 amide bonds. The molecule has 2 atom stereocenters. The molecule has 1 heterocycles. The number of ether oxygens (including phenoxy) is 2. The molecule has 4 aromatic rings. The van der Waals surface area contributed by atoms with Gasteiger partial charge in [0.05, 0.1) is 25.0 Å². The quantitative estimate of drug-likeness (QED) is 0.298. The van der Waals surface area contributed by atoms with Gasteiger partial charge in [0.2, 0.25) is 5.91 Å². The number of rotatable bonds is 9. The highest BCUT2D eigenvalue weighted by atomic mass is 35.5. The number of alkyl halides is 2. The summed E-state index contributed by atoms with van der Waals surface area (Å²) in [6.45, 7) is 0.297. The van der Waals surface area contributed by atoms with E-state index >= 15 is 0 Å². The fourth-order valence-corrected chi connectivity index (χ4v) is 3.97. The Labute approximate surface area is 217 Å². The average Bonchev–Trinajstić information content (AvgIpc) is 3.32. The van der Waals surface area contributed by atoms with Gasteiger partial charge in [0.25, 0.3) is 0 Å². The lowest BCUT2D eigenvalue weighted by Crippen LogP contribution is -2.27. The fraction of sp³-hybridized carbons (Fsp3) is 0.222. The number of hydrogen-bond acceptors (Lipinski definition) is 5. The fourth-order valence-electron chi connectivity index (χ4n) is 3.79. The van der Waals surface area contributed by atoms with Crippen molar-refractivity contribution in [3.05, 3.63) is 84.2 Å². The van der Waals surface area contributed by atoms with Crippen molar-refractivity contribution in [3.8, 4) is 28.8 Å². The third-order valence-electron chi connectivity index (χ3n) is 6.02. The summed E-state index contributed by atoms with van der Waals surface area (Å²) in [5.41, 5.74) is 2.15. The molecule has 5 rings (SSSR count). The van der Waals surface area contributed by atoms with Crippen molar-refractivity contribution in [2.75, 3.05) is 19.0 Å². The van der Waals surface area contributed by atoms with E-state index in [0.717, 1.165) is 11.3 Å². The number of benzene rings is 3. The molecule has 1 aliphatic carbocycles. The Balaban J connectivity index is 1.40. The van der Waals surface area contributed by atoms with Gasteiger partial charge in [0, 0.05) is 18.5 Å². The number of nitrogens with one attached hydrogen (secondary N) is 1. The monoisotopic (exact) mass is 524 g/mol. The van der Waals surface area contributed by atoms with Gasteiger partial charge in [-0.05, 0) is 48.0 Å². The van der Waals surface area contributed by atoms with Crippen LogP contribution in [0.4, 0.5) is 14.5 Å². The number of carbonyl (C=O) groups excluding carboxylic acids is 1. The Morgan fingerprint density at radius 1 is 1.16 bits per heavy atom. The van der Waals surface area contributed by atoms with Gasteiger partial charge in [-0.15, -0.1) is 16.7 Å². The Morgan fingerprint density at radius 3 is 2.62 bits per heavy atom. The number of amides is 1. The van der Waals surface area contributed by atoms with Crippen LogP contribution in [-0.2, 0) is 11.2 Å². The van der Waals surface area contributed by atoms with Crippen molar-refractivity contribution in [1.82, 2.24) is 14.8 Å². The van der Waals surface area contributed by atoms with Crippen LogP contribution >= 0.6 is 11.6 Å². The summed E-state index contributed by atoms with van der Waals surface area (Å²) >= 11 is 6.01. The molecule has 190 valence electrons. The first-order valence-electron chi connectivity index (χ1n) is 11.6. The van der Waals surface area contributed by atoms with E-state index in [1.807, 2.05) is 24.3 Å². The van der Waals surface area contributed by atoms with Crippen LogP contribution in [0.15, 0.2) is 72.8 Å². The largest absolute Gasteiger partial charge is 0.497 e. The first kappa shape index (κ1) is 24.7. The van der Waals surface area contributed by atoms with Crippen molar-refractivity contribution in [2.24, 2.45) is 0 Å². The molecule has 0 aliphatic heterocycles. The summed E-state index contributed by atoms with van der Waals surface area (Å²) in [5, 5.41) is 7.08. The molecule has 37 heavy (non-hydrogen) atoms. The number of carbonyl (C=O) groups is 1. The third kappa shape index (κ3) is 5.27. The predicted molar refractivity (Wildman–Crippen MR) is 136 cm³/mol. The summed E-state index contributed by atoms with van der Waals surface area (Å²) in [6, 6.07) is 20.6. The highest BCUT2D eigenvalue weighted by Crippen LogP contribution is 2.46. The van der Waals surface area contributed by atoms with Gasteiger partial charge < -0.3 is 14.8 Å². The second-order valence-corrected chi connectivity index (χ2v) is 9.27. The molecule has 1 aliphatic rings. The zero-order valence-corrected chi connectivity index (χ0v) is 20.6. The Hall–Kier alpha value is -3.98. The second kappa shape index (κ2) is 10.2. The van der Waals surface area contributed by atoms with E-state index in [-0.39, 0.29) is 23.8 Å². The third-order valence-corrected chi connectivity index (χ3v) is 6.58. The van der Waals surface area contributed by atoms with E-state index in [2.05, 4.69) is 15.4 Å². The molecule has 0 saturated heterocycles. The van der Waals surface area contributed by atoms with Crippen molar-refractivity contribution >= 4 is 23.2 Å². The summed E-state index contributed by atoms with van der Waals surface area (Å²) in [7, 11) is 1.61. The Morgan fingerprint density at radius 2 is 1.92 bits per heavy atom. The molecule has 0 bridgehead atoms. The molecular weight excluding hydrogens is 502 g/mol. The minimum absolute atomic E-state index is 0.0299. The van der Waals surface area contributed by atoms with Gasteiger partial charge >= 0.3 is 6.01 Å². The van der Waals surface area contributed by atoms with Crippen LogP contribution in [-0.4, -0.2) is 45.4 Å². The summed E-state index contributed by atoms with van der Waals surface area (Å²) < 4.78 is 40.6. The van der Waals surface area contributed by atoms with Crippen LogP contribution in [0.25, 0.3) is 17.1 Å². The lowest BCUT2D eigenvalue weighted by molar-refractivity contribution is -0.116. The molecule has 0 spiro atoms. The number of methoxy groups -OCH3 is 1. The average molecular weight is 525 g/mol. The first-order chi connectivity index (χ1) is 17.9. The molecule has 1 aromatic heterocycles. The standard InChI is InChI=1S/C27H23ClF2N4O3/c1-36-20-11-9-17(10-12-20)13-14-37-26-32-24(21-7-2-3-8-22(21)29)34(33-26)19-6-4-5-18(15-19)31-25(35)27(28)16-23(27)30/h2-12,15,23H,13-14,16H2,1H3,(H,31,35)/t23-,27+/m1/s1. The van der Waals surface area contributed by atoms with Gasteiger partial charge in [-0.3, -0.25) is 4.79 Å². The summed E-state index contributed by atoms with van der Waals surface area (Å²) in [6.07, 6.45) is -0.805. The van der Waals surface area contributed by atoms with Gasteiger partial charge in [-0.1, -0.05) is 30.3 Å². The normalized spacial score (nSPS) is 18.3. The molecule has 1 fully saturated rings. The van der Waals surface area contributed by atoms with Crippen molar-refractivity contribution in [1.29, 1.82) is 0 Å². The van der Waals surface area contributed by atoms with Crippen molar-refractivity contribution in [3.63, 3.8) is 0 Å². The highest BCUT2D eigenvalue weighted by molar-refractivity contribution is 6.39. The van der Waals surface area contributed by atoms with Gasteiger partial charge in [0.15, 0.2) is 10.7 Å². The number of halogens is 3. The first-order valence-corrected chi connectivity index (χ1v) is 12.0. The van der Waals surface area contributed by atoms with Crippen molar-refractivity contribution < 1.29 is 23.0 Å². The maximum absolute atomic E-state index is 14.7. The summed E-state index contributed by atoms with van der Waals surface area (Å²) in [5.74, 6) is -0.103. The maximum atomic E-state index is 14.7. The van der Waals surface area contributed by atoms with Crippen LogP contribution in [0.1, 0.15) is 12.0 Å². The highest BCUT2D eigenvalue weighted by Gasteiger charge is 2.60. The molecule has 0 unspecified atom stereocenters. The minimum Gasteiger partial charge on any atom is -0.497 e. The molecular formula is C27H23ClF2N4O3. The van der Waals surface area contributed by atoms with Gasteiger partial charge in [-0.25, -0.2) is 13.5 Å². The molecule has 7 nitrogen and oxygen atoms in total. The molecule has 3 aromatic carbocycles. The number of anilines is 1. The maximum Gasteiger partial charge on any atom is 0.336 e. The van der Waals surface area contributed by atoms with E-state index in [9.17, 15) is 13.6 Å². The molecule has 1 N–H and O–H groups in total. The lowest BCUT2D eigenvalue weighted by Gasteiger charge is -2.11. The number of aromatic nitrogens is 3. The van der Waals surface area contributed by atoms with Gasteiger partial charge in [-0.2, -0.15) is 4.98 Å². The molecule has 1 saturated carbocycles. The van der Waals surface area contributed by atoms with E-state index in [1.54, 1.807) is 49.6 Å². The van der Waals surface area contributed by atoms with E-state index in [4.69, 9.17) is 21.1 Å². The molecule has 0 radical (unpaired) electrons. The summed E-state index contributed by atoms with van der Waals surface area (Å²) in [4.78, 5) is 15.3. The smallest absolute Gasteiger partial charge is 0.336 e. The van der Waals surface area contributed by atoms with E-state index in [1.165, 1.54) is 10.7 Å². The Kier molecular flexibility index (Phi) is 6.80. The van der Waals surface area contributed by atoms with Crippen LogP contribution in [0.5, 0.6) is 11.8 Å².